The number of amides is 1. The van der Waals surface area contributed by atoms with Gasteiger partial charge in [-0.1, -0.05) is 30.3 Å². The molecule has 1 amide bonds. The standard InChI is InChI=1S/C19H20N2O6/c1-13(18(22)20-11-10-14-6-4-3-5-7-14)27-19(23)16-12-15(21(24)25)8-9-17(16)26-2/h3-9,12-13H,10-11H2,1-2H3,(H,20,22)/t13-/m1/s1. The van der Waals surface area contributed by atoms with Crippen LogP contribution in [-0.2, 0) is 16.0 Å². The van der Waals surface area contributed by atoms with Gasteiger partial charge in [0.2, 0.25) is 0 Å². The van der Waals surface area contributed by atoms with E-state index < -0.39 is 22.9 Å². The number of esters is 1. The molecule has 0 fully saturated rings. The molecule has 8 heteroatoms. The second kappa shape index (κ2) is 9.33. The number of ether oxygens (including phenoxy) is 2. The summed E-state index contributed by atoms with van der Waals surface area (Å²) >= 11 is 0. The fourth-order valence-corrected chi connectivity index (χ4v) is 2.37. The van der Waals surface area contributed by atoms with Gasteiger partial charge in [-0.3, -0.25) is 14.9 Å². The molecule has 0 bridgehead atoms. The van der Waals surface area contributed by atoms with Gasteiger partial charge in [-0.2, -0.15) is 0 Å². The number of hydrogen-bond donors (Lipinski definition) is 1. The Hall–Kier alpha value is -3.42. The highest BCUT2D eigenvalue weighted by Gasteiger charge is 2.23. The van der Waals surface area contributed by atoms with Crippen molar-refractivity contribution < 1.29 is 24.0 Å². The number of nitro benzene ring substituents is 1. The number of carbonyl (C=O) groups is 2. The zero-order valence-electron chi connectivity index (χ0n) is 15.0. The molecule has 2 aromatic carbocycles. The first kappa shape index (κ1) is 19.9. The van der Waals surface area contributed by atoms with E-state index in [9.17, 15) is 19.7 Å². The molecule has 8 nitrogen and oxygen atoms in total. The lowest BCUT2D eigenvalue weighted by molar-refractivity contribution is -0.384. The van der Waals surface area contributed by atoms with Crippen LogP contribution in [0.15, 0.2) is 48.5 Å². The molecular formula is C19H20N2O6. The van der Waals surface area contributed by atoms with E-state index in [1.165, 1.54) is 26.2 Å². The topological polar surface area (TPSA) is 108 Å². The average Bonchev–Trinajstić information content (AvgIpc) is 2.67. The first-order chi connectivity index (χ1) is 12.9. The molecule has 0 aromatic heterocycles. The summed E-state index contributed by atoms with van der Waals surface area (Å²) < 4.78 is 10.2. The van der Waals surface area contributed by atoms with Gasteiger partial charge in [-0.05, 0) is 25.0 Å². The summed E-state index contributed by atoms with van der Waals surface area (Å²) in [5, 5.41) is 13.6. The summed E-state index contributed by atoms with van der Waals surface area (Å²) in [5.74, 6) is -1.20. The van der Waals surface area contributed by atoms with Crippen molar-refractivity contribution in [2.24, 2.45) is 0 Å². The van der Waals surface area contributed by atoms with E-state index in [0.29, 0.717) is 13.0 Å². The van der Waals surface area contributed by atoms with Crippen molar-refractivity contribution >= 4 is 17.6 Å². The maximum atomic E-state index is 12.3. The Bertz CT molecular complexity index is 822. The number of nitro groups is 1. The molecule has 1 atom stereocenters. The van der Waals surface area contributed by atoms with Crippen LogP contribution in [0.2, 0.25) is 0 Å². The molecule has 0 saturated carbocycles. The van der Waals surface area contributed by atoms with Crippen LogP contribution in [0.1, 0.15) is 22.8 Å². The number of methoxy groups -OCH3 is 1. The van der Waals surface area contributed by atoms with Crippen molar-refractivity contribution in [2.45, 2.75) is 19.4 Å². The van der Waals surface area contributed by atoms with Gasteiger partial charge in [0, 0.05) is 18.7 Å². The molecule has 0 unspecified atom stereocenters. The van der Waals surface area contributed by atoms with Gasteiger partial charge < -0.3 is 14.8 Å². The lowest BCUT2D eigenvalue weighted by Gasteiger charge is -2.14. The van der Waals surface area contributed by atoms with E-state index in [4.69, 9.17) is 9.47 Å². The average molecular weight is 372 g/mol. The monoisotopic (exact) mass is 372 g/mol. The fraction of sp³-hybridized carbons (Fsp3) is 0.263. The van der Waals surface area contributed by atoms with E-state index in [0.717, 1.165) is 11.6 Å². The number of nitrogens with one attached hydrogen (secondary N) is 1. The molecule has 0 aliphatic carbocycles. The second-order valence-corrected chi connectivity index (χ2v) is 5.72. The number of rotatable bonds is 8. The minimum atomic E-state index is -1.06. The molecule has 2 aromatic rings. The van der Waals surface area contributed by atoms with Gasteiger partial charge in [-0.25, -0.2) is 4.79 Å². The highest BCUT2D eigenvalue weighted by Crippen LogP contribution is 2.25. The summed E-state index contributed by atoms with van der Waals surface area (Å²) in [7, 11) is 1.33. The lowest BCUT2D eigenvalue weighted by atomic mass is 10.1. The molecule has 2 rings (SSSR count). The number of carbonyl (C=O) groups excluding carboxylic acids is 2. The van der Waals surface area contributed by atoms with E-state index in [1.54, 1.807) is 0 Å². The van der Waals surface area contributed by atoms with Crippen LogP contribution < -0.4 is 10.1 Å². The van der Waals surface area contributed by atoms with Gasteiger partial charge in [0.15, 0.2) is 6.10 Å². The first-order valence-electron chi connectivity index (χ1n) is 8.27. The highest BCUT2D eigenvalue weighted by molar-refractivity contribution is 5.95. The van der Waals surface area contributed by atoms with E-state index in [1.807, 2.05) is 30.3 Å². The third-order valence-electron chi connectivity index (χ3n) is 3.82. The van der Waals surface area contributed by atoms with Crippen molar-refractivity contribution in [1.29, 1.82) is 0 Å². The molecule has 27 heavy (non-hydrogen) atoms. The van der Waals surface area contributed by atoms with Crippen LogP contribution in [-0.4, -0.2) is 36.6 Å². The molecule has 0 aliphatic heterocycles. The second-order valence-electron chi connectivity index (χ2n) is 5.72. The summed E-state index contributed by atoms with van der Waals surface area (Å²) in [6.45, 7) is 1.82. The minimum absolute atomic E-state index is 0.115. The maximum Gasteiger partial charge on any atom is 0.342 e. The van der Waals surface area contributed by atoms with Crippen LogP contribution in [0.3, 0.4) is 0 Å². The molecule has 0 saturated heterocycles. The van der Waals surface area contributed by atoms with E-state index in [2.05, 4.69) is 5.32 Å². The molecule has 0 aliphatic rings. The van der Waals surface area contributed by atoms with Gasteiger partial charge in [0.25, 0.3) is 11.6 Å². The quantitative estimate of drug-likeness (QED) is 0.433. The molecular weight excluding hydrogens is 352 g/mol. The molecule has 0 radical (unpaired) electrons. The van der Waals surface area contributed by atoms with Gasteiger partial charge >= 0.3 is 5.97 Å². The summed E-state index contributed by atoms with van der Waals surface area (Å²) in [5.41, 5.74) is 0.683. The van der Waals surface area contributed by atoms with E-state index >= 15 is 0 Å². The van der Waals surface area contributed by atoms with Crippen molar-refractivity contribution in [3.8, 4) is 5.75 Å². The summed E-state index contributed by atoms with van der Waals surface area (Å²) in [6.07, 6.45) is -0.413. The molecule has 0 heterocycles. The number of nitrogens with zero attached hydrogens (tertiary/aromatic N) is 1. The Morgan fingerprint density at radius 3 is 2.52 bits per heavy atom. The van der Waals surface area contributed by atoms with Crippen LogP contribution >= 0.6 is 0 Å². The van der Waals surface area contributed by atoms with Crippen LogP contribution in [0, 0.1) is 10.1 Å². The number of benzene rings is 2. The third-order valence-corrected chi connectivity index (χ3v) is 3.82. The van der Waals surface area contributed by atoms with Gasteiger partial charge in [0.05, 0.1) is 12.0 Å². The smallest absolute Gasteiger partial charge is 0.342 e. The van der Waals surface area contributed by atoms with E-state index in [-0.39, 0.29) is 17.0 Å². The van der Waals surface area contributed by atoms with Crippen molar-refractivity contribution in [3.05, 3.63) is 69.8 Å². The van der Waals surface area contributed by atoms with Crippen LogP contribution in [0.4, 0.5) is 5.69 Å². The first-order valence-corrected chi connectivity index (χ1v) is 8.27. The molecule has 1 N–H and O–H groups in total. The Balaban J connectivity index is 1.95. The van der Waals surface area contributed by atoms with Crippen molar-refractivity contribution in [1.82, 2.24) is 5.32 Å². The fourth-order valence-electron chi connectivity index (χ4n) is 2.37. The third kappa shape index (κ3) is 5.53. The maximum absolute atomic E-state index is 12.3. The summed E-state index contributed by atoms with van der Waals surface area (Å²) in [4.78, 5) is 34.7. The lowest BCUT2D eigenvalue weighted by Crippen LogP contribution is -2.37. The van der Waals surface area contributed by atoms with Gasteiger partial charge in [0.1, 0.15) is 11.3 Å². The normalized spacial score (nSPS) is 11.3. The predicted octanol–water partition coefficient (Wildman–Crippen LogP) is 2.51. The molecule has 0 spiro atoms. The predicted molar refractivity (Wildman–Crippen MR) is 97.7 cm³/mol. The van der Waals surface area contributed by atoms with Crippen LogP contribution in [0.5, 0.6) is 5.75 Å². The van der Waals surface area contributed by atoms with Crippen molar-refractivity contribution in [3.63, 3.8) is 0 Å². The Morgan fingerprint density at radius 1 is 1.19 bits per heavy atom. The van der Waals surface area contributed by atoms with Gasteiger partial charge in [-0.15, -0.1) is 0 Å². The Kier molecular flexibility index (Phi) is 6.87. The number of hydrogen-bond acceptors (Lipinski definition) is 6. The minimum Gasteiger partial charge on any atom is -0.496 e. The SMILES string of the molecule is COc1ccc([N+](=O)[O-])cc1C(=O)O[C@H](C)C(=O)NCCc1ccccc1. The Labute approximate surface area is 156 Å². The highest BCUT2D eigenvalue weighted by atomic mass is 16.6. The summed E-state index contributed by atoms with van der Waals surface area (Å²) in [6, 6.07) is 13.2. The Morgan fingerprint density at radius 2 is 1.89 bits per heavy atom. The zero-order chi connectivity index (χ0) is 19.8. The zero-order valence-corrected chi connectivity index (χ0v) is 15.0. The largest absolute Gasteiger partial charge is 0.496 e. The number of non-ortho nitro benzene ring substituents is 1. The van der Waals surface area contributed by atoms with Crippen LogP contribution in [0.25, 0.3) is 0 Å². The molecule has 142 valence electrons. The van der Waals surface area contributed by atoms with Crippen molar-refractivity contribution in [2.75, 3.05) is 13.7 Å².